The zero-order chi connectivity index (χ0) is 14.8. The molecule has 1 saturated heterocycles. The first-order valence-corrected chi connectivity index (χ1v) is 7.75. The Kier molecular flexibility index (Phi) is 4.15. The predicted octanol–water partition coefficient (Wildman–Crippen LogP) is 2.33. The third-order valence-corrected chi connectivity index (χ3v) is 4.48. The first-order valence-electron chi connectivity index (χ1n) is 7.75. The van der Waals surface area contributed by atoms with Crippen molar-refractivity contribution in [3.63, 3.8) is 0 Å². The molecule has 114 valence electrons. The molecule has 1 aromatic carbocycles. The van der Waals surface area contributed by atoms with Crippen molar-refractivity contribution in [1.29, 1.82) is 0 Å². The number of carbonyl (C=O) groups is 1. The number of esters is 1. The maximum absolute atomic E-state index is 11.9. The highest BCUT2D eigenvalue weighted by Gasteiger charge is 2.33. The number of fused-ring (bicyclic) bond motifs is 1. The Morgan fingerprint density at radius 2 is 2.29 bits per heavy atom. The van der Waals surface area contributed by atoms with E-state index in [0.29, 0.717) is 0 Å². The van der Waals surface area contributed by atoms with Crippen LogP contribution in [0.3, 0.4) is 0 Å². The molecule has 2 atom stereocenters. The molecule has 2 unspecified atom stereocenters. The summed E-state index contributed by atoms with van der Waals surface area (Å²) in [6.07, 6.45) is 4.22. The fraction of sp³-hybridized carbons (Fsp3) is 0.588. The molecule has 0 saturated carbocycles. The number of hydrogen-bond donors (Lipinski definition) is 0. The molecule has 4 nitrogen and oxygen atoms in total. The van der Waals surface area contributed by atoms with Gasteiger partial charge in [-0.1, -0.05) is 24.1 Å². The number of piperidine rings is 1. The molecule has 0 amide bonds. The standard InChI is InChI=1S/C17H23NO3/c1-12-6-7-16-13(9-12)10-14(21-16)11-18-8-4-3-5-15(18)17(19)20-2/h6-7,9,14-15H,3-5,8,10-11H2,1-2H3. The summed E-state index contributed by atoms with van der Waals surface area (Å²) in [5.74, 6) is 0.887. The molecule has 0 bridgehead atoms. The maximum atomic E-state index is 11.9. The van der Waals surface area contributed by atoms with Crippen molar-refractivity contribution in [2.75, 3.05) is 20.2 Å². The third kappa shape index (κ3) is 3.05. The van der Waals surface area contributed by atoms with E-state index in [2.05, 4.69) is 30.0 Å². The van der Waals surface area contributed by atoms with Gasteiger partial charge < -0.3 is 9.47 Å². The highest BCUT2D eigenvalue weighted by molar-refractivity contribution is 5.75. The minimum absolute atomic E-state index is 0.0993. The van der Waals surface area contributed by atoms with Gasteiger partial charge in [-0.25, -0.2) is 0 Å². The summed E-state index contributed by atoms with van der Waals surface area (Å²) in [6.45, 7) is 3.86. The van der Waals surface area contributed by atoms with Gasteiger partial charge in [0.15, 0.2) is 0 Å². The number of carbonyl (C=O) groups excluding carboxylic acids is 1. The lowest BCUT2D eigenvalue weighted by atomic mass is 10.0. The minimum atomic E-state index is -0.110. The first-order chi connectivity index (χ1) is 10.2. The number of benzene rings is 1. The van der Waals surface area contributed by atoms with E-state index in [4.69, 9.17) is 9.47 Å². The van der Waals surface area contributed by atoms with Gasteiger partial charge in [-0.3, -0.25) is 9.69 Å². The summed E-state index contributed by atoms with van der Waals surface area (Å²) < 4.78 is 11.0. The molecule has 1 aromatic rings. The van der Waals surface area contributed by atoms with Gasteiger partial charge in [0.05, 0.1) is 7.11 Å². The molecule has 2 aliphatic rings. The van der Waals surface area contributed by atoms with E-state index >= 15 is 0 Å². The van der Waals surface area contributed by atoms with Crippen molar-refractivity contribution in [2.24, 2.45) is 0 Å². The van der Waals surface area contributed by atoms with Crippen molar-refractivity contribution < 1.29 is 14.3 Å². The van der Waals surface area contributed by atoms with Crippen LogP contribution >= 0.6 is 0 Å². The smallest absolute Gasteiger partial charge is 0.323 e. The highest BCUT2D eigenvalue weighted by atomic mass is 16.5. The Labute approximate surface area is 126 Å². The fourth-order valence-electron chi connectivity index (χ4n) is 3.43. The average Bonchev–Trinajstić information content (AvgIpc) is 2.88. The van der Waals surface area contributed by atoms with Gasteiger partial charge in [-0.05, 0) is 37.9 Å². The van der Waals surface area contributed by atoms with E-state index in [1.54, 1.807) is 0 Å². The number of ether oxygens (including phenoxy) is 2. The van der Waals surface area contributed by atoms with Gasteiger partial charge >= 0.3 is 5.97 Å². The fourth-order valence-corrected chi connectivity index (χ4v) is 3.43. The molecule has 0 aromatic heterocycles. The van der Waals surface area contributed by atoms with Crippen LogP contribution in [0.25, 0.3) is 0 Å². The quantitative estimate of drug-likeness (QED) is 0.801. The number of aryl methyl sites for hydroxylation is 1. The Bertz CT molecular complexity index is 529. The lowest BCUT2D eigenvalue weighted by Gasteiger charge is -2.34. The highest BCUT2D eigenvalue weighted by Crippen LogP contribution is 2.30. The SMILES string of the molecule is COC(=O)C1CCCCN1CC1Cc2cc(C)ccc2O1. The van der Waals surface area contributed by atoms with Crippen molar-refractivity contribution in [2.45, 2.75) is 44.8 Å². The molecule has 0 spiro atoms. The summed E-state index contributed by atoms with van der Waals surface area (Å²) in [6, 6.07) is 6.24. The summed E-state index contributed by atoms with van der Waals surface area (Å²) in [4.78, 5) is 14.1. The second kappa shape index (κ2) is 6.06. The second-order valence-corrected chi connectivity index (χ2v) is 6.08. The first kappa shape index (κ1) is 14.4. The molecule has 0 N–H and O–H groups in total. The number of likely N-dealkylation sites (tertiary alicyclic amines) is 1. The Morgan fingerprint density at radius 3 is 3.10 bits per heavy atom. The van der Waals surface area contributed by atoms with Crippen LogP contribution in [0.5, 0.6) is 5.75 Å². The van der Waals surface area contributed by atoms with Crippen LogP contribution in [0.1, 0.15) is 30.4 Å². The lowest BCUT2D eigenvalue weighted by molar-refractivity contribution is -0.148. The zero-order valence-electron chi connectivity index (χ0n) is 12.8. The number of nitrogens with zero attached hydrogens (tertiary/aromatic N) is 1. The second-order valence-electron chi connectivity index (χ2n) is 6.08. The average molecular weight is 289 g/mol. The molecule has 3 rings (SSSR count). The van der Waals surface area contributed by atoms with Gasteiger partial charge in [0, 0.05) is 13.0 Å². The van der Waals surface area contributed by atoms with Gasteiger partial charge in [0.1, 0.15) is 17.9 Å². The summed E-state index contributed by atoms with van der Waals surface area (Å²) >= 11 is 0. The van der Waals surface area contributed by atoms with Crippen molar-refractivity contribution in [3.05, 3.63) is 29.3 Å². The Morgan fingerprint density at radius 1 is 1.43 bits per heavy atom. The molecule has 21 heavy (non-hydrogen) atoms. The van der Waals surface area contributed by atoms with Gasteiger partial charge in [0.25, 0.3) is 0 Å². The third-order valence-electron chi connectivity index (χ3n) is 4.48. The van der Waals surface area contributed by atoms with Crippen molar-refractivity contribution in [1.82, 2.24) is 4.90 Å². The van der Waals surface area contributed by atoms with Gasteiger partial charge in [-0.2, -0.15) is 0 Å². The monoisotopic (exact) mass is 289 g/mol. The van der Waals surface area contributed by atoms with Gasteiger partial charge in [-0.15, -0.1) is 0 Å². The number of rotatable bonds is 3. The minimum Gasteiger partial charge on any atom is -0.488 e. The largest absolute Gasteiger partial charge is 0.488 e. The topological polar surface area (TPSA) is 38.8 Å². The summed E-state index contributed by atoms with van der Waals surface area (Å²) in [7, 11) is 1.47. The molecule has 4 heteroatoms. The molecule has 0 radical (unpaired) electrons. The van der Waals surface area contributed by atoms with Crippen molar-refractivity contribution >= 4 is 5.97 Å². The molecule has 0 aliphatic carbocycles. The van der Waals surface area contributed by atoms with Crippen LogP contribution in [0, 0.1) is 6.92 Å². The van der Waals surface area contributed by atoms with Crippen LogP contribution in [0.15, 0.2) is 18.2 Å². The summed E-state index contributed by atoms with van der Waals surface area (Å²) in [5, 5.41) is 0. The van der Waals surface area contributed by atoms with E-state index in [9.17, 15) is 4.79 Å². The maximum Gasteiger partial charge on any atom is 0.323 e. The lowest BCUT2D eigenvalue weighted by Crippen LogP contribution is -2.49. The van der Waals surface area contributed by atoms with E-state index in [1.165, 1.54) is 18.2 Å². The Hall–Kier alpha value is -1.55. The van der Waals surface area contributed by atoms with Crippen LogP contribution in [0.2, 0.25) is 0 Å². The summed E-state index contributed by atoms with van der Waals surface area (Å²) in [5.41, 5.74) is 2.55. The molecule has 1 fully saturated rings. The Balaban J connectivity index is 1.65. The van der Waals surface area contributed by atoms with Crippen LogP contribution in [-0.2, 0) is 16.0 Å². The van der Waals surface area contributed by atoms with Crippen LogP contribution < -0.4 is 4.74 Å². The molecular weight excluding hydrogens is 266 g/mol. The van der Waals surface area contributed by atoms with Crippen LogP contribution in [-0.4, -0.2) is 43.2 Å². The number of methoxy groups -OCH3 is 1. The van der Waals surface area contributed by atoms with E-state index in [0.717, 1.165) is 44.5 Å². The van der Waals surface area contributed by atoms with E-state index < -0.39 is 0 Å². The molecular formula is C17H23NO3. The van der Waals surface area contributed by atoms with E-state index in [1.807, 2.05) is 0 Å². The predicted molar refractivity (Wildman–Crippen MR) is 80.5 cm³/mol. The molecule has 2 aliphatic heterocycles. The van der Waals surface area contributed by atoms with E-state index in [-0.39, 0.29) is 18.1 Å². The zero-order valence-corrected chi connectivity index (χ0v) is 12.8. The normalized spacial score (nSPS) is 25.2. The number of hydrogen-bond acceptors (Lipinski definition) is 4. The van der Waals surface area contributed by atoms with Gasteiger partial charge in [0.2, 0.25) is 0 Å². The molecule has 2 heterocycles. The van der Waals surface area contributed by atoms with Crippen LogP contribution in [0.4, 0.5) is 0 Å². The van der Waals surface area contributed by atoms with Crippen molar-refractivity contribution in [3.8, 4) is 5.75 Å².